The van der Waals surface area contributed by atoms with Gasteiger partial charge in [-0.3, -0.25) is 0 Å². The molecule has 0 bridgehead atoms. The Labute approximate surface area is 82.7 Å². The number of hydrogen-bond acceptors (Lipinski definition) is 1. The topological polar surface area (TPSA) is 26.0 Å². The van der Waals surface area contributed by atoms with Crippen molar-refractivity contribution in [2.75, 3.05) is 6.67 Å². The minimum atomic E-state index is -4.73. The summed E-state index contributed by atoms with van der Waals surface area (Å²) in [6, 6.07) is 0.593. The fourth-order valence-corrected chi connectivity index (χ4v) is 1.18. The molecular weight excluding hydrogens is 217 g/mol. The van der Waals surface area contributed by atoms with Crippen molar-refractivity contribution in [2.24, 2.45) is 5.73 Å². The molecule has 15 heavy (non-hydrogen) atoms. The molecule has 0 aromatic heterocycles. The number of benzene rings is 1. The van der Waals surface area contributed by atoms with Gasteiger partial charge in [0.2, 0.25) is 0 Å². The number of alkyl halides is 4. The molecule has 0 aliphatic carbocycles. The van der Waals surface area contributed by atoms with Gasteiger partial charge in [-0.05, 0) is 17.7 Å². The van der Waals surface area contributed by atoms with Gasteiger partial charge in [0.25, 0.3) is 0 Å². The second-order valence-corrected chi connectivity index (χ2v) is 2.99. The highest BCUT2D eigenvalue weighted by Crippen LogP contribution is 2.34. The van der Waals surface area contributed by atoms with Crippen LogP contribution in [-0.2, 0) is 6.18 Å². The number of halogens is 5. The first kappa shape index (κ1) is 11.9. The lowest BCUT2D eigenvalue weighted by atomic mass is 10.0. The molecule has 0 aliphatic rings. The summed E-state index contributed by atoms with van der Waals surface area (Å²) in [6.07, 6.45) is -4.73. The fourth-order valence-electron chi connectivity index (χ4n) is 1.18. The van der Waals surface area contributed by atoms with Gasteiger partial charge in [-0.1, -0.05) is 6.07 Å². The second kappa shape index (κ2) is 4.14. The first-order chi connectivity index (χ1) is 6.86. The van der Waals surface area contributed by atoms with E-state index in [2.05, 4.69) is 0 Å². The van der Waals surface area contributed by atoms with Crippen molar-refractivity contribution in [3.63, 3.8) is 0 Å². The van der Waals surface area contributed by atoms with Crippen LogP contribution in [0.3, 0.4) is 0 Å². The maximum Gasteiger partial charge on any atom is 0.416 e. The summed E-state index contributed by atoms with van der Waals surface area (Å²) in [5.74, 6) is -1.03. The van der Waals surface area contributed by atoms with Gasteiger partial charge in [0.15, 0.2) is 0 Å². The molecule has 0 heterocycles. The molecule has 0 amide bonds. The van der Waals surface area contributed by atoms with E-state index in [4.69, 9.17) is 5.73 Å². The number of rotatable bonds is 2. The van der Waals surface area contributed by atoms with Crippen molar-refractivity contribution in [3.05, 3.63) is 35.1 Å². The van der Waals surface area contributed by atoms with Crippen LogP contribution in [0.1, 0.15) is 17.2 Å². The van der Waals surface area contributed by atoms with E-state index in [1.54, 1.807) is 0 Å². The van der Waals surface area contributed by atoms with E-state index in [0.717, 1.165) is 12.1 Å². The van der Waals surface area contributed by atoms with Crippen molar-refractivity contribution in [3.8, 4) is 0 Å². The lowest BCUT2D eigenvalue weighted by Crippen LogP contribution is -2.19. The highest BCUT2D eigenvalue weighted by molar-refractivity contribution is 5.32. The zero-order valence-electron chi connectivity index (χ0n) is 7.48. The Morgan fingerprint density at radius 1 is 1.27 bits per heavy atom. The molecule has 2 N–H and O–H groups in total. The van der Waals surface area contributed by atoms with Crippen molar-refractivity contribution >= 4 is 0 Å². The van der Waals surface area contributed by atoms with Crippen molar-refractivity contribution in [1.82, 2.24) is 0 Å². The molecule has 1 atom stereocenters. The van der Waals surface area contributed by atoms with Crippen LogP contribution in [0, 0.1) is 5.82 Å². The van der Waals surface area contributed by atoms with E-state index in [1.807, 2.05) is 0 Å². The van der Waals surface area contributed by atoms with Crippen LogP contribution < -0.4 is 5.73 Å². The predicted octanol–water partition coefficient (Wildman–Crippen LogP) is 2.81. The Morgan fingerprint density at radius 2 is 1.87 bits per heavy atom. The molecule has 1 aromatic rings. The Kier molecular flexibility index (Phi) is 3.28. The zero-order valence-corrected chi connectivity index (χ0v) is 7.48. The summed E-state index contributed by atoms with van der Waals surface area (Å²) in [6.45, 7) is -1.13. The Balaban J connectivity index is 3.27. The maximum absolute atomic E-state index is 12.6. The summed E-state index contributed by atoms with van der Waals surface area (Å²) >= 11 is 0. The van der Waals surface area contributed by atoms with E-state index >= 15 is 0 Å². The quantitative estimate of drug-likeness (QED) is 0.769. The third kappa shape index (κ3) is 2.65. The largest absolute Gasteiger partial charge is 0.416 e. The fraction of sp³-hybridized carbons (Fsp3) is 0.333. The Hall–Kier alpha value is -1.17. The summed E-state index contributed by atoms with van der Waals surface area (Å²) in [7, 11) is 0. The smallest absolute Gasteiger partial charge is 0.322 e. The van der Waals surface area contributed by atoms with E-state index < -0.39 is 35.8 Å². The van der Waals surface area contributed by atoms with Gasteiger partial charge in [0, 0.05) is 0 Å². The first-order valence-corrected chi connectivity index (χ1v) is 4.04. The van der Waals surface area contributed by atoms with Crippen LogP contribution in [0.5, 0.6) is 0 Å². The standard InChI is InChI=1S/C9H8F5N/c10-4-8(15)6-2-1-5(11)3-7(6)9(12,13)14/h1-3,8H,4,15H2/t8-/m0/s1. The molecule has 0 radical (unpaired) electrons. The molecular formula is C9H8F5N. The van der Waals surface area contributed by atoms with Crippen LogP contribution >= 0.6 is 0 Å². The van der Waals surface area contributed by atoms with Gasteiger partial charge in [0.1, 0.15) is 12.5 Å². The third-order valence-electron chi connectivity index (χ3n) is 1.89. The van der Waals surface area contributed by atoms with E-state index in [1.165, 1.54) is 0 Å². The lowest BCUT2D eigenvalue weighted by molar-refractivity contribution is -0.138. The SMILES string of the molecule is N[C@@H](CF)c1ccc(F)cc1C(F)(F)F. The van der Waals surface area contributed by atoms with Gasteiger partial charge in [0.05, 0.1) is 11.6 Å². The summed E-state index contributed by atoms with van der Waals surface area (Å²) in [4.78, 5) is 0. The van der Waals surface area contributed by atoms with Crippen LogP contribution in [0.25, 0.3) is 0 Å². The van der Waals surface area contributed by atoms with E-state index in [-0.39, 0.29) is 0 Å². The van der Waals surface area contributed by atoms with Gasteiger partial charge >= 0.3 is 6.18 Å². The average Bonchev–Trinajstić information content (AvgIpc) is 2.15. The van der Waals surface area contributed by atoms with Gasteiger partial charge in [-0.2, -0.15) is 13.2 Å². The number of hydrogen-bond donors (Lipinski definition) is 1. The molecule has 6 heteroatoms. The van der Waals surface area contributed by atoms with Crippen LogP contribution in [-0.4, -0.2) is 6.67 Å². The normalized spacial score (nSPS) is 14.0. The predicted molar refractivity (Wildman–Crippen MR) is 44.3 cm³/mol. The average molecular weight is 225 g/mol. The molecule has 0 saturated heterocycles. The molecule has 0 unspecified atom stereocenters. The number of nitrogens with two attached hydrogens (primary N) is 1. The summed E-state index contributed by atoms with van der Waals surface area (Å²) in [5.41, 5.74) is 3.48. The minimum Gasteiger partial charge on any atom is -0.322 e. The molecule has 0 fully saturated rings. The van der Waals surface area contributed by atoms with E-state index in [9.17, 15) is 22.0 Å². The second-order valence-electron chi connectivity index (χ2n) is 2.99. The van der Waals surface area contributed by atoms with Crippen LogP contribution in [0.15, 0.2) is 18.2 Å². The van der Waals surface area contributed by atoms with Crippen molar-refractivity contribution < 1.29 is 22.0 Å². The van der Waals surface area contributed by atoms with Crippen molar-refractivity contribution in [1.29, 1.82) is 0 Å². The summed E-state index contributed by atoms with van der Waals surface area (Å²) in [5, 5.41) is 0. The van der Waals surface area contributed by atoms with E-state index in [0.29, 0.717) is 6.07 Å². The van der Waals surface area contributed by atoms with Gasteiger partial charge in [-0.25, -0.2) is 8.78 Å². The van der Waals surface area contributed by atoms with Gasteiger partial charge in [-0.15, -0.1) is 0 Å². The van der Waals surface area contributed by atoms with Crippen LogP contribution in [0.2, 0.25) is 0 Å². The molecule has 0 spiro atoms. The van der Waals surface area contributed by atoms with Crippen LogP contribution in [0.4, 0.5) is 22.0 Å². The monoisotopic (exact) mass is 225 g/mol. The molecule has 0 saturated carbocycles. The Morgan fingerprint density at radius 3 is 2.33 bits per heavy atom. The maximum atomic E-state index is 12.6. The third-order valence-corrected chi connectivity index (χ3v) is 1.89. The zero-order chi connectivity index (χ0) is 11.6. The molecule has 1 aromatic carbocycles. The molecule has 1 nitrogen and oxygen atoms in total. The molecule has 0 aliphatic heterocycles. The van der Waals surface area contributed by atoms with Gasteiger partial charge < -0.3 is 5.73 Å². The first-order valence-electron chi connectivity index (χ1n) is 4.04. The molecule has 1 rings (SSSR count). The van der Waals surface area contributed by atoms with Crippen molar-refractivity contribution in [2.45, 2.75) is 12.2 Å². The minimum absolute atomic E-state index is 0.310. The highest BCUT2D eigenvalue weighted by atomic mass is 19.4. The lowest BCUT2D eigenvalue weighted by Gasteiger charge is -2.15. The summed E-state index contributed by atoms with van der Waals surface area (Å²) < 4.78 is 61.9. The molecule has 84 valence electrons. The highest BCUT2D eigenvalue weighted by Gasteiger charge is 2.35. The Bertz CT molecular complexity index is 347.